The standard InChI is InChI=1S/C29H31ClN4O6S/c1-41(37,38)40-15-3-14-39-24-16-20(5-2-4-19-6-7-19)10-13-23(24)25-26-27(33-28(32-25)29(35)36)31-18-34(26)17-21-8-11-22(30)12-9-21/h8-13,16,18-19H,2-7,14-15,17H2,1H3,(H,35,36). The number of aryl methyl sites for hydroxylation is 1. The predicted molar refractivity (Wildman–Crippen MR) is 155 cm³/mol. The Morgan fingerprint density at radius 3 is 2.54 bits per heavy atom. The zero-order valence-corrected chi connectivity index (χ0v) is 24.2. The van der Waals surface area contributed by atoms with Crippen molar-refractivity contribution in [1.82, 2.24) is 19.5 Å². The smallest absolute Gasteiger partial charge is 0.374 e. The maximum atomic E-state index is 11.9. The van der Waals surface area contributed by atoms with E-state index >= 15 is 0 Å². The molecule has 0 radical (unpaired) electrons. The number of hydrogen-bond donors (Lipinski definition) is 1. The quantitative estimate of drug-likeness (QED) is 0.150. The van der Waals surface area contributed by atoms with Crippen LogP contribution in [0.2, 0.25) is 5.02 Å². The van der Waals surface area contributed by atoms with Gasteiger partial charge in [0, 0.05) is 23.6 Å². The normalized spacial score (nSPS) is 13.5. The van der Waals surface area contributed by atoms with Gasteiger partial charge in [0.05, 0.1) is 25.8 Å². The Morgan fingerprint density at radius 2 is 1.83 bits per heavy atom. The average molecular weight is 599 g/mol. The highest BCUT2D eigenvalue weighted by Crippen LogP contribution is 2.36. The Balaban J connectivity index is 1.51. The molecule has 216 valence electrons. The van der Waals surface area contributed by atoms with E-state index in [0.29, 0.717) is 40.5 Å². The van der Waals surface area contributed by atoms with Gasteiger partial charge in [0.25, 0.3) is 10.1 Å². The molecule has 4 aromatic rings. The number of fused-ring (bicyclic) bond motifs is 1. The van der Waals surface area contributed by atoms with Crippen LogP contribution in [0.1, 0.15) is 53.8 Å². The molecule has 10 nitrogen and oxygen atoms in total. The average Bonchev–Trinajstić information content (AvgIpc) is 3.67. The van der Waals surface area contributed by atoms with E-state index in [1.807, 2.05) is 34.9 Å². The first-order chi connectivity index (χ1) is 19.7. The third kappa shape index (κ3) is 7.81. The van der Waals surface area contributed by atoms with Crippen LogP contribution in [-0.4, -0.2) is 58.5 Å². The largest absolute Gasteiger partial charge is 0.493 e. The number of aromatic nitrogens is 4. The number of carboxylic acid groups (broad SMARTS) is 1. The van der Waals surface area contributed by atoms with Crippen LogP contribution in [0.15, 0.2) is 48.8 Å². The van der Waals surface area contributed by atoms with Gasteiger partial charge in [0.1, 0.15) is 17.0 Å². The van der Waals surface area contributed by atoms with Crippen molar-refractivity contribution in [3.8, 4) is 17.0 Å². The van der Waals surface area contributed by atoms with Gasteiger partial charge >= 0.3 is 5.97 Å². The summed E-state index contributed by atoms with van der Waals surface area (Å²) in [6.45, 7) is 0.622. The van der Waals surface area contributed by atoms with Crippen LogP contribution in [0.25, 0.3) is 22.4 Å². The Hall–Kier alpha value is -3.54. The summed E-state index contributed by atoms with van der Waals surface area (Å²) in [7, 11) is -3.55. The second-order valence-corrected chi connectivity index (χ2v) is 12.3. The summed E-state index contributed by atoms with van der Waals surface area (Å²) in [6, 6.07) is 13.3. The number of halogens is 1. The summed E-state index contributed by atoms with van der Waals surface area (Å²) in [5, 5.41) is 10.4. The number of carbonyl (C=O) groups is 1. The van der Waals surface area contributed by atoms with Crippen LogP contribution in [0, 0.1) is 5.92 Å². The van der Waals surface area contributed by atoms with Crippen LogP contribution in [0.4, 0.5) is 0 Å². The first-order valence-electron chi connectivity index (χ1n) is 13.5. The molecule has 5 rings (SSSR count). The molecule has 2 aromatic carbocycles. The molecule has 0 aliphatic heterocycles. The van der Waals surface area contributed by atoms with Gasteiger partial charge in [-0.05, 0) is 54.2 Å². The van der Waals surface area contributed by atoms with E-state index in [0.717, 1.165) is 36.1 Å². The van der Waals surface area contributed by atoms with Crippen LogP contribution in [0.5, 0.6) is 5.75 Å². The van der Waals surface area contributed by atoms with Crippen molar-refractivity contribution in [2.24, 2.45) is 5.92 Å². The Kier molecular flexibility index (Phi) is 8.86. The van der Waals surface area contributed by atoms with E-state index in [2.05, 4.69) is 15.0 Å². The SMILES string of the molecule is CS(=O)(=O)OCCCOc1cc(CCCC2CC2)ccc1-c1nc(C(=O)O)nc2ncn(Cc3ccc(Cl)cc3)c12. The Bertz CT molecular complexity index is 1650. The molecule has 1 aliphatic carbocycles. The lowest BCUT2D eigenvalue weighted by molar-refractivity contribution is 0.0684. The molecule has 0 unspecified atom stereocenters. The molecule has 0 bridgehead atoms. The molecule has 1 N–H and O–H groups in total. The van der Waals surface area contributed by atoms with Gasteiger partial charge in [-0.25, -0.2) is 19.7 Å². The van der Waals surface area contributed by atoms with Crippen molar-refractivity contribution in [1.29, 1.82) is 0 Å². The molecule has 2 heterocycles. The van der Waals surface area contributed by atoms with Crippen molar-refractivity contribution < 1.29 is 27.2 Å². The zero-order chi connectivity index (χ0) is 29.0. The number of rotatable bonds is 14. The fourth-order valence-corrected chi connectivity index (χ4v) is 5.21. The van der Waals surface area contributed by atoms with Crippen molar-refractivity contribution in [2.45, 2.75) is 45.1 Å². The lowest BCUT2D eigenvalue weighted by atomic mass is 10.0. The molecule has 1 fully saturated rings. The number of benzene rings is 2. The highest BCUT2D eigenvalue weighted by Gasteiger charge is 2.23. The summed E-state index contributed by atoms with van der Waals surface area (Å²) in [5.41, 5.74) is 3.85. The van der Waals surface area contributed by atoms with Crippen LogP contribution in [-0.2, 0) is 27.3 Å². The molecule has 41 heavy (non-hydrogen) atoms. The summed E-state index contributed by atoms with van der Waals surface area (Å²) in [4.78, 5) is 24.9. The third-order valence-electron chi connectivity index (χ3n) is 6.85. The maximum Gasteiger partial charge on any atom is 0.374 e. The summed E-state index contributed by atoms with van der Waals surface area (Å²) >= 11 is 6.06. The highest BCUT2D eigenvalue weighted by molar-refractivity contribution is 7.85. The first-order valence-corrected chi connectivity index (χ1v) is 15.7. The molecular weight excluding hydrogens is 568 g/mol. The van der Waals surface area contributed by atoms with Gasteiger partial charge in [-0.15, -0.1) is 0 Å². The fraction of sp³-hybridized carbons (Fsp3) is 0.379. The third-order valence-corrected chi connectivity index (χ3v) is 7.70. The van der Waals surface area contributed by atoms with E-state index in [4.69, 9.17) is 20.5 Å². The second kappa shape index (κ2) is 12.5. The summed E-state index contributed by atoms with van der Waals surface area (Å²) in [6.07, 6.45) is 8.72. The number of nitrogens with zero attached hydrogens (tertiary/aromatic N) is 4. The molecule has 2 aromatic heterocycles. The molecule has 0 atom stereocenters. The lowest BCUT2D eigenvalue weighted by Crippen LogP contribution is -2.10. The number of aromatic carboxylic acids is 1. The highest BCUT2D eigenvalue weighted by atomic mass is 35.5. The molecule has 12 heteroatoms. The van der Waals surface area contributed by atoms with E-state index in [1.165, 1.54) is 19.3 Å². The van der Waals surface area contributed by atoms with E-state index < -0.39 is 16.1 Å². The minimum Gasteiger partial charge on any atom is -0.493 e. The van der Waals surface area contributed by atoms with Gasteiger partial charge in [0.2, 0.25) is 5.82 Å². The van der Waals surface area contributed by atoms with Crippen molar-refractivity contribution in [2.75, 3.05) is 19.5 Å². The minimum absolute atomic E-state index is 0.00990. The monoisotopic (exact) mass is 598 g/mol. The summed E-state index contributed by atoms with van der Waals surface area (Å²) < 4.78 is 35.5. The van der Waals surface area contributed by atoms with Gasteiger partial charge < -0.3 is 14.4 Å². The minimum atomic E-state index is -3.55. The Morgan fingerprint density at radius 1 is 1.07 bits per heavy atom. The van der Waals surface area contributed by atoms with Crippen molar-refractivity contribution in [3.05, 3.63) is 70.8 Å². The van der Waals surface area contributed by atoms with Crippen molar-refractivity contribution in [3.63, 3.8) is 0 Å². The molecular formula is C29H31ClN4O6S. The maximum absolute atomic E-state index is 11.9. The van der Waals surface area contributed by atoms with E-state index in [-0.39, 0.29) is 24.7 Å². The second-order valence-electron chi connectivity index (χ2n) is 10.3. The number of ether oxygens (including phenoxy) is 1. The van der Waals surface area contributed by atoms with E-state index in [1.54, 1.807) is 18.5 Å². The van der Waals surface area contributed by atoms with Crippen molar-refractivity contribution >= 4 is 38.9 Å². The molecule has 1 aliphatic rings. The lowest BCUT2D eigenvalue weighted by Gasteiger charge is -2.15. The van der Waals surface area contributed by atoms with Crippen LogP contribution < -0.4 is 4.74 Å². The summed E-state index contributed by atoms with van der Waals surface area (Å²) in [5.74, 6) is -0.281. The molecule has 1 saturated carbocycles. The molecule has 0 spiro atoms. The predicted octanol–water partition coefficient (Wildman–Crippen LogP) is 5.37. The van der Waals surface area contributed by atoms with Crippen LogP contribution >= 0.6 is 11.6 Å². The number of carboxylic acids is 1. The Labute approximate surface area is 243 Å². The van der Waals surface area contributed by atoms with Gasteiger partial charge in [-0.2, -0.15) is 8.42 Å². The van der Waals surface area contributed by atoms with E-state index in [9.17, 15) is 18.3 Å². The topological polar surface area (TPSA) is 134 Å². The van der Waals surface area contributed by atoms with Gasteiger partial charge in [-0.3, -0.25) is 4.18 Å². The van der Waals surface area contributed by atoms with Crippen LogP contribution in [0.3, 0.4) is 0 Å². The number of imidazole rings is 1. The molecule has 0 saturated heterocycles. The fourth-order valence-electron chi connectivity index (χ4n) is 4.66. The molecule has 0 amide bonds. The zero-order valence-electron chi connectivity index (χ0n) is 22.6. The number of hydrogen-bond acceptors (Lipinski definition) is 8. The first kappa shape index (κ1) is 29.0. The van der Waals surface area contributed by atoms with Gasteiger partial charge in [-0.1, -0.05) is 49.1 Å². The van der Waals surface area contributed by atoms with Gasteiger partial charge in [0.15, 0.2) is 5.65 Å².